The van der Waals surface area contributed by atoms with Crippen molar-refractivity contribution in [3.8, 4) is 0 Å². The molecule has 22 heavy (non-hydrogen) atoms. The summed E-state index contributed by atoms with van der Waals surface area (Å²) in [5.41, 5.74) is 2.42. The highest BCUT2D eigenvalue weighted by Gasteiger charge is 2.13. The van der Waals surface area contributed by atoms with Crippen molar-refractivity contribution in [2.75, 3.05) is 23.3 Å². The van der Waals surface area contributed by atoms with Gasteiger partial charge >= 0.3 is 0 Å². The lowest BCUT2D eigenvalue weighted by atomic mass is 10.1. The Balaban J connectivity index is 1.70. The van der Waals surface area contributed by atoms with Crippen LogP contribution in [0.3, 0.4) is 0 Å². The maximum absolute atomic E-state index is 12.2. The second-order valence-corrected chi connectivity index (χ2v) is 6.14. The van der Waals surface area contributed by atoms with Crippen LogP contribution in [0.5, 0.6) is 0 Å². The number of amides is 1. The first kappa shape index (κ1) is 15.2. The number of rotatable bonds is 3. The van der Waals surface area contributed by atoms with Crippen LogP contribution in [0, 0.1) is 0 Å². The van der Waals surface area contributed by atoms with Crippen molar-refractivity contribution in [3.63, 3.8) is 0 Å². The summed E-state index contributed by atoms with van der Waals surface area (Å²) in [6.45, 7) is 2.18. The molecule has 114 valence electrons. The van der Waals surface area contributed by atoms with Gasteiger partial charge in [-0.1, -0.05) is 23.2 Å². The van der Waals surface area contributed by atoms with Crippen LogP contribution in [-0.2, 0) is 0 Å². The number of carbonyl (C=O) groups is 1. The second kappa shape index (κ2) is 6.59. The molecule has 3 nitrogen and oxygen atoms in total. The zero-order valence-corrected chi connectivity index (χ0v) is 13.5. The van der Waals surface area contributed by atoms with Crippen molar-refractivity contribution in [1.29, 1.82) is 0 Å². The van der Waals surface area contributed by atoms with E-state index in [1.54, 1.807) is 18.2 Å². The van der Waals surface area contributed by atoms with Crippen molar-refractivity contribution in [2.45, 2.75) is 12.8 Å². The Kier molecular flexibility index (Phi) is 4.55. The number of benzene rings is 2. The molecule has 3 rings (SSSR count). The van der Waals surface area contributed by atoms with Gasteiger partial charge in [-0.05, 0) is 55.3 Å². The fourth-order valence-electron chi connectivity index (χ4n) is 2.58. The number of hydrogen-bond acceptors (Lipinski definition) is 2. The summed E-state index contributed by atoms with van der Waals surface area (Å²) in [5, 5.41) is 3.71. The molecule has 1 N–H and O–H groups in total. The van der Waals surface area contributed by atoms with E-state index in [1.165, 1.54) is 18.5 Å². The first-order valence-electron chi connectivity index (χ1n) is 7.25. The summed E-state index contributed by atoms with van der Waals surface area (Å²) in [6.07, 6.45) is 2.47. The van der Waals surface area contributed by atoms with Crippen LogP contribution in [0.25, 0.3) is 0 Å². The summed E-state index contributed by atoms with van der Waals surface area (Å²) < 4.78 is 0. The van der Waals surface area contributed by atoms with Crippen LogP contribution in [0.4, 0.5) is 11.4 Å². The molecule has 0 saturated carbocycles. The Bertz CT molecular complexity index is 680. The first-order chi connectivity index (χ1) is 10.6. The highest BCUT2D eigenvalue weighted by atomic mass is 35.5. The van der Waals surface area contributed by atoms with Crippen LogP contribution >= 0.6 is 23.2 Å². The molecule has 2 aromatic carbocycles. The fourth-order valence-corrected chi connectivity index (χ4v) is 2.87. The van der Waals surface area contributed by atoms with E-state index in [-0.39, 0.29) is 5.91 Å². The van der Waals surface area contributed by atoms with Crippen LogP contribution < -0.4 is 10.2 Å². The number of hydrogen-bond donors (Lipinski definition) is 1. The van der Waals surface area contributed by atoms with Gasteiger partial charge in [-0.2, -0.15) is 0 Å². The van der Waals surface area contributed by atoms with Crippen LogP contribution in [0.2, 0.25) is 10.0 Å². The van der Waals surface area contributed by atoms with E-state index in [0.717, 1.165) is 13.1 Å². The molecule has 0 atom stereocenters. The summed E-state index contributed by atoms with van der Waals surface area (Å²) in [5.74, 6) is -0.161. The summed E-state index contributed by atoms with van der Waals surface area (Å²) >= 11 is 11.8. The lowest BCUT2D eigenvalue weighted by molar-refractivity contribution is 0.102. The van der Waals surface area contributed by atoms with Gasteiger partial charge in [0.1, 0.15) is 0 Å². The molecular formula is C17H16Cl2N2O. The molecule has 1 aliphatic rings. The monoisotopic (exact) mass is 334 g/mol. The van der Waals surface area contributed by atoms with E-state index < -0.39 is 0 Å². The predicted octanol–water partition coefficient (Wildman–Crippen LogP) is 4.85. The van der Waals surface area contributed by atoms with E-state index in [9.17, 15) is 4.79 Å². The zero-order valence-electron chi connectivity index (χ0n) is 12.0. The molecule has 1 amide bonds. The molecular weight excluding hydrogens is 319 g/mol. The maximum Gasteiger partial charge on any atom is 0.255 e. The van der Waals surface area contributed by atoms with E-state index >= 15 is 0 Å². The zero-order chi connectivity index (χ0) is 15.5. The van der Waals surface area contributed by atoms with Gasteiger partial charge in [0.05, 0.1) is 10.0 Å². The largest absolute Gasteiger partial charge is 0.372 e. The van der Waals surface area contributed by atoms with E-state index in [2.05, 4.69) is 10.2 Å². The first-order valence-corrected chi connectivity index (χ1v) is 8.00. The summed E-state index contributed by atoms with van der Waals surface area (Å²) in [4.78, 5) is 14.6. The molecule has 1 saturated heterocycles. The number of nitrogens with zero attached hydrogens (tertiary/aromatic N) is 1. The molecule has 0 aromatic heterocycles. The molecule has 0 spiro atoms. The Hall–Kier alpha value is -1.71. The van der Waals surface area contributed by atoms with Crippen LogP contribution in [0.15, 0.2) is 42.5 Å². The standard InChI is InChI=1S/C17H16Cl2N2O/c18-15-8-5-13(11-16(15)19)20-17(22)12-3-6-14(7-4-12)21-9-1-2-10-21/h3-8,11H,1-2,9-10H2,(H,20,22). The fraction of sp³-hybridized carbons (Fsp3) is 0.235. The number of halogens is 2. The van der Waals surface area contributed by atoms with Gasteiger partial charge in [0.15, 0.2) is 0 Å². The van der Waals surface area contributed by atoms with Gasteiger partial charge in [0.25, 0.3) is 5.91 Å². The minimum absolute atomic E-state index is 0.161. The Morgan fingerprint density at radius 1 is 0.955 bits per heavy atom. The van der Waals surface area contributed by atoms with Crippen molar-refractivity contribution in [2.24, 2.45) is 0 Å². The number of carbonyl (C=O) groups excluding carboxylic acids is 1. The van der Waals surface area contributed by atoms with E-state index in [1.807, 2.05) is 24.3 Å². The third-order valence-corrected chi connectivity index (χ3v) is 4.52. The Labute approximate surface area is 139 Å². The average molecular weight is 335 g/mol. The molecule has 1 aliphatic heterocycles. The predicted molar refractivity (Wildman–Crippen MR) is 92.3 cm³/mol. The molecule has 1 fully saturated rings. The molecule has 0 radical (unpaired) electrons. The van der Waals surface area contributed by atoms with Crippen LogP contribution in [0.1, 0.15) is 23.2 Å². The molecule has 1 heterocycles. The van der Waals surface area contributed by atoms with Crippen molar-refractivity contribution in [3.05, 3.63) is 58.1 Å². The third kappa shape index (κ3) is 3.37. The highest BCUT2D eigenvalue weighted by Crippen LogP contribution is 2.25. The maximum atomic E-state index is 12.2. The van der Waals surface area contributed by atoms with Gasteiger partial charge in [-0.3, -0.25) is 4.79 Å². The normalized spacial score (nSPS) is 14.2. The van der Waals surface area contributed by atoms with Crippen molar-refractivity contribution < 1.29 is 4.79 Å². The van der Waals surface area contributed by atoms with Gasteiger partial charge in [0.2, 0.25) is 0 Å². The highest BCUT2D eigenvalue weighted by molar-refractivity contribution is 6.42. The number of nitrogens with one attached hydrogen (secondary N) is 1. The van der Waals surface area contributed by atoms with E-state index in [4.69, 9.17) is 23.2 Å². The lowest BCUT2D eigenvalue weighted by Crippen LogP contribution is -2.18. The minimum atomic E-state index is -0.161. The summed E-state index contributed by atoms with van der Waals surface area (Å²) in [7, 11) is 0. The average Bonchev–Trinajstić information content (AvgIpc) is 3.05. The molecule has 5 heteroatoms. The Morgan fingerprint density at radius 2 is 1.64 bits per heavy atom. The number of anilines is 2. The third-order valence-electron chi connectivity index (χ3n) is 3.78. The Morgan fingerprint density at radius 3 is 2.27 bits per heavy atom. The smallest absolute Gasteiger partial charge is 0.255 e. The molecule has 0 unspecified atom stereocenters. The van der Waals surface area contributed by atoms with Gasteiger partial charge in [-0.25, -0.2) is 0 Å². The van der Waals surface area contributed by atoms with Gasteiger partial charge in [-0.15, -0.1) is 0 Å². The van der Waals surface area contributed by atoms with Crippen LogP contribution in [-0.4, -0.2) is 19.0 Å². The van der Waals surface area contributed by atoms with Gasteiger partial charge < -0.3 is 10.2 Å². The second-order valence-electron chi connectivity index (χ2n) is 5.32. The topological polar surface area (TPSA) is 32.3 Å². The van der Waals surface area contributed by atoms with Crippen molar-refractivity contribution >= 4 is 40.5 Å². The minimum Gasteiger partial charge on any atom is -0.372 e. The molecule has 2 aromatic rings. The lowest BCUT2D eigenvalue weighted by Gasteiger charge is -2.17. The quantitative estimate of drug-likeness (QED) is 0.870. The van der Waals surface area contributed by atoms with Crippen molar-refractivity contribution in [1.82, 2.24) is 0 Å². The molecule has 0 bridgehead atoms. The van der Waals surface area contributed by atoms with E-state index in [0.29, 0.717) is 21.3 Å². The summed E-state index contributed by atoms with van der Waals surface area (Å²) in [6, 6.07) is 12.7. The SMILES string of the molecule is O=C(Nc1ccc(Cl)c(Cl)c1)c1ccc(N2CCCC2)cc1. The molecule has 0 aliphatic carbocycles. The van der Waals surface area contributed by atoms with Gasteiger partial charge in [0, 0.05) is 30.0 Å².